The molecule has 1 heteroatoms. The standard InChI is InChI=1S/C15H27N/c1-9(2)15-14-12-6-5-11(7-12)13(14)8-16(15)10(3)4/h9-15H,5-8H2,1-4H3. The van der Waals surface area contributed by atoms with Gasteiger partial charge in [0.2, 0.25) is 0 Å². The first-order valence-corrected chi connectivity index (χ1v) is 7.35. The lowest BCUT2D eigenvalue weighted by Gasteiger charge is -2.36. The van der Waals surface area contributed by atoms with E-state index in [2.05, 4.69) is 32.6 Å². The van der Waals surface area contributed by atoms with E-state index in [4.69, 9.17) is 0 Å². The first kappa shape index (κ1) is 11.1. The molecule has 1 aliphatic heterocycles. The molecule has 2 saturated carbocycles. The highest BCUT2D eigenvalue weighted by Gasteiger charge is 2.56. The molecule has 0 spiro atoms. The SMILES string of the molecule is CC(C)C1C2C3CCC(C3)C2CN1C(C)C. The Labute approximate surface area is 101 Å². The van der Waals surface area contributed by atoms with Crippen molar-refractivity contribution in [1.82, 2.24) is 4.90 Å². The molecule has 92 valence electrons. The number of likely N-dealkylation sites (tertiary alicyclic amines) is 1. The Morgan fingerprint density at radius 1 is 1.00 bits per heavy atom. The molecule has 0 aromatic rings. The van der Waals surface area contributed by atoms with Crippen LogP contribution in [0.3, 0.4) is 0 Å². The van der Waals surface area contributed by atoms with Gasteiger partial charge in [-0.3, -0.25) is 4.90 Å². The molecule has 1 saturated heterocycles. The van der Waals surface area contributed by atoms with Crippen LogP contribution >= 0.6 is 0 Å². The topological polar surface area (TPSA) is 3.24 Å². The molecule has 0 amide bonds. The van der Waals surface area contributed by atoms with Crippen LogP contribution in [-0.2, 0) is 0 Å². The number of hydrogen-bond acceptors (Lipinski definition) is 1. The highest BCUT2D eigenvalue weighted by molar-refractivity contribution is 5.07. The highest BCUT2D eigenvalue weighted by Crippen LogP contribution is 2.58. The molecule has 5 atom stereocenters. The lowest BCUT2D eigenvalue weighted by atomic mass is 9.75. The Hall–Kier alpha value is -0.0400. The van der Waals surface area contributed by atoms with E-state index < -0.39 is 0 Å². The van der Waals surface area contributed by atoms with Crippen LogP contribution in [0.5, 0.6) is 0 Å². The van der Waals surface area contributed by atoms with Crippen molar-refractivity contribution in [1.29, 1.82) is 0 Å². The summed E-state index contributed by atoms with van der Waals surface area (Å²) in [5.41, 5.74) is 0. The molecular weight excluding hydrogens is 194 g/mol. The van der Waals surface area contributed by atoms with Crippen molar-refractivity contribution in [2.45, 2.75) is 59.0 Å². The van der Waals surface area contributed by atoms with Gasteiger partial charge in [0.05, 0.1) is 0 Å². The maximum Gasteiger partial charge on any atom is 0.0155 e. The molecule has 1 heterocycles. The fraction of sp³-hybridized carbons (Fsp3) is 1.00. The minimum atomic E-state index is 0.748. The van der Waals surface area contributed by atoms with Crippen LogP contribution in [0.15, 0.2) is 0 Å². The second kappa shape index (κ2) is 3.73. The van der Waals surface area contributed by atoms with E-state index in [1.54, 1.807) is 19.3 Å². The minimum Gasteiger partial charge on any atom is -0.297 e. The van der Waals surface area contributed by atoms with Gasteiger partial charge in [-0.05, 0) is 62.7 Å². The summed E-state index contributed by atoms with van der Waals surface area (Å²) in [7, 11) is 0. The molecule has 0 radical (unpaired) electrons. The van der Waals surface area contributed by atoms with Gasteiger partial charge in [0.25, 0.3) is 0 Å². The number of hydrogen-bond donors (Lipinski definition) is 0. The van der Waals surface area contributed by atoms with Crippen molar-refractivity contribution in [3.8, 4) is 0 Å². The fourth-order valence-corrected chi connectivity index (χ4v) is 5.23. The summed E-state index contributed by atoms with van der Waals surface area (Å²) in [6.45, 7) is 11.1. The fourth-order valence-electron chi connectivity index (χ4n) is 5.23. The maximum atomic E-state index is 2.82. The van der Waals surface area contributed by atoms with E-state index in [1.807, 2.05) is 0 Å². The molecular formula is C15H27N. The summed E-state index contributed by atoms with van der Waals surface area (Å²) < 4.78 is 0. The Bertz CT molecular complexity index is 271. The third kappa shape index (κ3) is 1.40. The van der Waals surface area contributed by atoms with Gasteiger partial charge in [-0.2, -0.15) is 0 Å². The first-order chi connectivity index (χ1) is 7.59. The van der Waals surface area contributed by atoms with Crippen LogP contribution in [0.4, 0.5) is 0 Å². The zero-order chi connectivity index (χ0) is 11.4. The second-order valence-electron chi connectivity index (χ2n) is 7.10. The average Bonchev–Trinajstić information content (AvgIpc) is 2.87. The third-order valence-corrected chi connectivity index (χ3v) is 5.70. The molecule has 3 rings (SSSR count). The molecule has 2 aliphatic carbocycles. The van der Waals surface area contributed by atoms with Crippen molar-refractivity contribution < 1.29 is 0 Å². The van der Waals surface area contributed by atoms with Crippen molar-refractivity contribution in [3.05, 3.63) is 0 Å². The second-order valence-corrected chi connectivity index (χ2v) is 7.10. The van der Waals surface area contributed by atoms with E-state index in [0.717, 1.165) is 41.7 Å². The van der Waals surface area contributed by atoms with E-state index >= 15 is 0 Å². The number of fused-ring (bicyclic) bond motifs is 5. The van der Waals surface area contributed by atoms with Crippen molar-refractivity contribution in [2.24, 2.45) is 29.6 Å². The van der Waals surface area contributed by atoms with Gasteiger partial charge in [-0.25, -0.2) is 0 Å². The molecule has 0 aromatic heterocycles. The summed E-state index contributed by atoms with van der Waals surface area (Å²) in [6.07, 6.45) is 4.66. The van der Waals surface area contributed by atoms with Gasteiger partial charge in [0.1, 0.15) is 0 Å². The molecule has 3 fully saturated rings. The summed E-state index contributed by atoms with van der Waals surface area (Å²) in [5, 5.41) is 0. The average molecular weight is 221 g/mol. The predicted octanol–water partition coefficient (Wildman–Crippen LogP) is 3.40. The Morgan fingerprint density at radius 3 is 2.31 bits per heavy atom. The Balaban J connectivity index is 1.87. The van der Waals surface area contributed by atoms with Crippen LogP contribution in [0, 0.1) is 29.6 Å². The number of rotatable bonds is 2. The Kier molecular flexibility index (Phi) is 2.58. The summed E-state index contributed by atoms with van der Waals surface area (Å²) in [5.74, 6) is 5.15. The number of nitrogens with zero attached hydrogens (tertiary/aromatic N) is 1. The lowest BCUT2D eigenvalue weighted by Crippen LogP contribution is -2.42. The first-order valence-electron chi connectivity index (χ1n) is 7.35. The molecule has 3 aliphatic rings. The molecule has 2 bridgehead atoms. The third-order valence-electron chi connectivity index (χ3n) is 5.70. The van der Waals surface area contributed by atoms with Crippen LogP contribution < -0.4 is 0 Å². The van der Waals surface area contributed by atoms with Gasteiger partial charge in [-0.1, -0.05) is 13.8 Å². The molecule has 1 nitrogen and oxygen atoms in total. The van der Waals surface area contributed by atoms with Crippen LogP contribution in [0.1, 0.15) is 47.0 Å². The Morgan fingerprint density at radius 2 is 1.69 bits per heavy atom. The van der Waals surface area contributed by atoms with E-state index in [-0.39, 0.29) is 0 Å². The summed E-state index contributed by atoms with van der Waals surface area (Å²) in [6, 6.07) is 1.64. The van der Waals surface area contributed by atoms with Crippen molar-refractivity contribution >= 4 is 0 Å². The zero-order valence-electron chi connectivity index (χ0n) is 11.3. The van der Waals surface area contributed by atoms with E-state index in [0.29, 0.717) is 0 Å². The van der Waals surface area contributed by atoms with Gasteiger partial charge in [0, 0.05) is 18.6 Å². The highest BCUT2D eigenvalue weighted by atomic mass is 15.2. The smallest absolute Gasteiger partial charge is 0.0155 e. The van der Waals surface area contributed by atoms with Gasteiger partial charge >= 0.3 is 0 Å². The monoisotopic (exact) mass is 221 g/mol. The molecule has 5 unspecified atom stereocenters. The van der Waals surface area contributed by atoms with Crippen LogP contribution in [-0.4, -0.2) is 23.5 Å². The zero-order valence-corrected chi connectivity index (χ0v) is 11.3. The van der Waals surface area contributed by atoms with E-state index in [9.17, 15) is 0 Å². The van der Waals surface area contributed by atoms with Gasteiger partial charge in [-0.15, -0.1) is 0 Å². The largest absolute Gasteiger partial charge is 0.297 e. The van der Waals surface area contributed by atoms with Crippen molar-refractivity contribution in [2.75, 3.05) is 6.54 Å². The maximum absolute atomic E-state index is 2.82. The molecule has 16 heavy (non-hydrogen) atoms. The van der Waals surface area contributed by atoms with Crippen LogP contribution in [0.2, 0.25) is 0 Å². The minimum absolute atomic E-state index is 0.748. The molecule has 0 aromatic carbocycles. The quantitative estimate of drug-likeness (QED) is 0.691. The summed E-state index contributed by atoms with van der Waals surface area (Å²) in [4.78, 5) is 2.82. The predicted molar refractivity (Wildman–Crippen MR) is 68.3 cm³/mol. The van der Waals surface area contributed by atoms with Crippen molar-refractivity contribution in [3.63, 3.8) is 0 Å². The summed E-state index contributed by atoms with van der Waals surface area (Å²) >= 11 is 0. The van der Waals surface area contributed by atoms with E-state index in [1.165, 1.54) is 6.54 Å². The van der Waals surface area contributed by atoms with Gasteiger partial charge < -0.3 is 0 Å². The van der Waals surface area contributed by atoms with Gasteiger partial charge in [0.15, 0.2) is 0 Å². The van der Waals surface area contributed by atoms with Crippen LogP contribution in [0.25, 0.3) is 0 Å². The lowest BCUT2D eigenvalue weighted by molar-refractivity contribution is 0.120. The normalized spacial score (nSPS) is 47.2. The molecule has 0 N–H and O–H groups in total.